The van der Waals surface area contributed by atoms with Crippen molar-refractivity contribution in [3.8, 4) is 0 Å². The molecule has 2 heterocycles. The van der Waals surface area contributed by atoms with Crippen LogP contribution in [-0.4, -0.2) is 61.0 Å². The molecule has 154 valence electrons. The van der Waals surface area contributed by atoms with Gasteiger partial charge in [-0.1, -0.05) is 49.6 Å². The largest absolute Gasteiger partial charge is 0.353 e. The van der Waals surface area contributed by atoms with E-state index in [2.05, 4.69) is 52.5 Å². The van der Waals surface area contributed by atoms with Gasteiger partial charge in [0.15, 0.2) is 0 Å². The minimum Gasteiger partial charge on any atom is -0.353 e. The Hall–Kier alpha value is -1.39. The third kappa shape index (κ3) is 3.86. The Bertz CT molecular complexity index is 639. The van der Waals surface area contributed by atoms with Gasteiger partial charge in [0.05, 0.1) is 5.41 Å². The molecule has 0 bridgehead atoms. The van der Waals surface area contributed by atoms with E-state index in [0.717, 1.165) is 32.5 Å². The number of amides is 1. The summed E-state index contributed by atoms with van der Waals surface area (Å²) in [4.78, 5) is 18.7. The highest BCUT2D eigenvalue weighted by Gasteiger charge is 2.44. The summed E-state index contributed by atoms with van der Waals surface area (Å²) in [5, 5.41) is 3.49. The van der Waals surface area contributed by atoms with E-state index in [1.165, 1.54) is 63.6 Å². The molecule has 1 amide bonds. The van der Waals surface area contributed by atoms with Gasteiger partial charge in [0.2, 0.25) is 5.91 Å². The summed E-state index contributed by atoms with van der Waals surface area (Å²) in [5.41, 5.74) is 1.03. The third-order valence-electron chi connectivity index (χ3n) is 7.74. The highest BCUT2D eigenvalue weighted by molar-refractivity contribution is 5.88. The van der Waals surface area contributed by atoms with Gasteiger partial charge in [-0.15, -0.1) is 0 Å². The van der Waals surface area contributed by atoms with E-state index >= 15 is 0 Å². The minimum absolute atomic E-state index is 0.202. The Morgan fingerprint density at radius 2 is 1.54 bits per heavy atom. The fourth-order valence-electron chi connectivity index (χ4n) is 5.82. The zero-order valence-corrected chi connectivity index (χ0v) is 17.6. The van der Waals surface area contributed by atoms with Crippen LogP contribution in [0.3, 0.4) is 0 Å². The first-order chi connectivity index (χ1) is 13.6. The summed E-state index contributed by atoms with van der Waals surface area (Å²) in [7, 11) is 2.16. The van der Waals surface area contributed by atoms with Gasteiger partial charge in [-0.3, -0.25) is 9.69 Å². The molecule has 2 saturated heterocycles. The van der Waals surface area contributed by atoms with Crippen LogP contribution in [0.2, 0.25) is 0 Å². The van der Waals surface area contributed by atoms with Gasteiger partial charge in [0, 0.05) is 12.1 Å². The summed E-state index contributed by atoms with van der Waals surface area (Å²) in [6.07, 6.45) is 10.9. The predicted octanol–water partition coefficient (Wildman–Crippen LogP) is 3.56. The lowest BCUT2D eigenvalue weighted by Gasteiger charge is -2.46. The van der Waals surface area contributed by atoms with Crippen molar-refractivity contribution in [3.63, 3.8) is 0 Å². The number of benzene rings is 1. The van der Waals surface area contributed by atoms with E-state index in [4.69, 9.17) is 0 Å². The molecular formula is C24H37N3O. The average molecular weight is 384 g/mol. The first-order valence-electron chi connectivity index (χ1n) is 11.4. The summed E-state index contributed by atoms with van der Waals surface area (Å²) in [6.45, 7) is 5.23. The summed E-state index contributed by atoms with van der Waals surface area (Å²) in [5.74, 6) is 0.260. The molecule has 0 unspecified atom stereocenters. The molecule has 0 spiro atoms. The molecular weight excluding hydrogens is 346 g/mol. The molecule has 0 radical (unpaired) electrons. The van der Waals surface area contributed by atoms with Crippen molar-refractivity contribution in [1.82, 2.24) is 15.1 Å². The average Bonchev–Trinajstić information content (AvgIpc) is 3.30. The van der Waals surface area contributed by atoms with Crippen molar-refractivity contribution in [2.45, 2.75) is 68.7 Å². The molecule has 0 aromatic heterocycles. The van der Waals surface area contributed by atoms with Crippen LogP contribution in [0.4, 0.5) is 0 Å². The summed E-state index contributed by atoms with van der Waals surface area (Å²) < 4.78 is 0. The highest BCUT2D eigenvalue weighted by atomic mass is 16.2. The summed E-state index contributed by atoms with van der Waals surface area (Å²) in [6, 6.07) is 10.5. The molecule has 4 heteroatoms. The molecule has 1 aromatic carbocycles. The standard InChI is InChI=1S/C24H37N3O/c1-26-18-14-24(15-19-26,21-10-4-2-5-11-21)22(28)25-20-23(12-6-3-7-13-23)27-16-8-9-17-27/h2,4-5,10-11H,3,6-9,12-20H2,1H3,(H,25,28). The number of carbonyl (C=O) groups excluding carboxylic acids is 1. The molecule has 1 aliphatic carbocycles. The van der Waals surface area contributed by atoms with Gasteiger partial charge in [-0.25, -0.2) is 0 Å². The van der Waals surface area contributed by atoms with Crippen LogP contribution in [0.5, 0.6) is 0 Å². The maximum absolute atomic E-state index is 13.7. The molecule has 3 aliphatic rings. The molecule has 3 fully saturated rings. The molecule has 4 rings (SSSR count). The lowest BCUT2D eigenvalue weighted by atomic mass is 9.71. The number of likely N-dealkylation sites (tertiary alicyclic amines) is 2. The van der Waals surface area contributed by atoms with Crippen LogP contribution in [0.15, 0.2) is 30.3 Å². The van der Waals surface area contributed by atoms with Crippen LogP contribution < -0.4 is 5.32 Å². The van der Waals surface area contributed by atoms with Gasteiger partial charge >= 0.3 is 0 Å². The molecule has 1 saturated carbocycles. The lowest BCUT2D eigenvalue weighted by molar-refractivity contribution is -0.129. The highest BCUT2D eigenvalue weighted by Crippen LogP contribution is 2.38. The Balaban J connectivity index is 1.52. The number of carbonyl (C=O) groups is 1. The first-order valence-corrected chi connectivity index (χ1v) is 11.4. The van der Waals surface area contributed by atoms with Crippen LogP contribution in [-0.2, 0) is 10.2 Å². The molecule has 28 heavy (non-hydrogen) atoms. The minimum atomic E-state index is -0.366. The second-order valence-electron chi connectivity index (χ2n) is 9.41. The maximum Gasteiger partial charge on any atom is 0.230 e. The van der Waals surface area contributed by atoms with Crippen molar-refractivity contribution in [3.05, 3.63) is 35.9 Å². The molecule has 0 atom stereocenters. The normalized spacial score (nSPS) is 25.5. The first kappa shape index (κ1) is 19.9. The second-order valence-corrected chi connectivity index (χ2v) is 9.41. The van der Waals surface area contributed by atoms with E-state index < -0.39 is 0 Å². The van der Waals surface area contributed by atoms with Crippen LogP contribution in [0, 0.1) is 0 Å². The molecule has 1 N–H and O–H groups in total. The van der Waals surface area contributed by atoms with Crippen molar-refractivity contribution in [1.29, 1.82) is 0 Å². The number of hydrogen-bond donors (Lipinski definition) is 1. The quantitative estimate of drug-likeness (QED) is 0.844. The number of piperidine rings is 1. The Labute approximate surface area is 170 Å². The van der Waals surface area contributed by atoms with Crippen LogP contribution >= 0.6 is 0 Å². The van der Waals surface area contributed by atoms with Gasteiger partial charge in [-0.05, 0) is 77.3 Å². The second kappa shape index (κ2) is 8.54. The zero-order chi connectivity index (χ0) is 19.5. The summed E-state index contributed by atoms with van der Waals surface area (Å²) >= 11 is 0. The van der Waals surface area contributed by atoms with Crippen molar-refractivity contribution in [2.75, 3.05) is 39.8 Å². The Kier molecular flexibility index (Phi) is 6.07. The van der Waals surface area contributed by atoms with Crippen LogP contribution in [0.25, 0.3) is 0 Å². The van der Waals surface area contributed by atoms with E-state index in [-0.39, 0.29) is 16.9 Å². The SMILES string of the molecule is CN1CCC(C(=O)NCC2(N3CCCC3)CCCCC2)(c2ccccc2)CC1. The van der Waals surface area contributed by atoms with Gasteiger partial charge in [0.25, 0.3) is 0 Å². The van der Waals surface area contributed by atoms with E-state index in [1.54, 1.807) is 0 Å². The molecule has 2 aliphatic heterocycles. The van der Waals surface area contributed by atoms with Crippen molar-refractivity contribution < 1.29 is 4.79 Å². The number of rotatable bonds is 5. The third-order valence-corrected chi connectivity index (χ3v) is 7.74. The number of nitrogens with one attached hydrogen (secondary N) is 1. The monoisotopic (exact) mass is 383 g/mol. The van der Waals surface area contributed by atoms with E-state index in [9.17, 15) is 4.79 Å². The predicted molar refractivity (Wildman–Crippen MR) is 114 cm³/mol. The zero-order valence-electron chi connectivity index (χ0n) is 17.6. The number of nitrogens with zero attached hydrogens (tertiary/aromatic N) is 2. The Morgan fingerprint density at radius 3 is 2.18 bits per heavy atom. The molecule has 4 nitrogen and oxygen atoms in total. The van der Waals surface area contributed by atoms with E-state index in [1.807, 2.05) is 0 Å². The molecule has 1 aromatic rings. The Morgan fingerprint density at radius 1 is 0.893 bits per heavy atom. The van der Waals surface area contributed by atoms with Crippen molar-refractivity contribution in [2.24, 2.45) is 0 Å². The fraction of sp³-hybridized carbons (Fsp3) is 0.708. The maximum atomic E-state index is 13.7. The fourth-order valence-corrected chi connectivity index (χ4v) is 5.82. The van der Waals surface area contributed by atoms with Crippen molar-refractivity contribution >= 4 is 5.91 Å². The van der Waals surface area contributed by atoms with Gasteiger partial charge < -0.3 is 10.2 Å². The van der Waals surface area contributed by atoms with Gasteiger partial charge in [-0.2, -0.15) is 0 Å². The topological polar surface area (TPSA) is 35.6 Å². The van der Waals surface area contributed by atoms with Gasteiger partial charge in [0.1, 0.15) is 0 Å². The van der Waals surface area contributed by atoms with Crippen LogP contribution in [0.1, 0.15) is 63.4 Å². The van der Waals surface area contributed by atoms with E-state index in [0.29, 0.717) is 0 Å². The smallest absolute Gasteiger partial charge is 0.230 e. The lowest BCUT2D eigenvalue weighted by Crippen LogP contribution is -2.59. The number of hydrogen-bond acceptors (Lipinski definition) is 3.